The summed E-state index contributed by atoms with van der Waals surface area (Å²) in [6.45, 7) is 8.04. The first-order valence-electron chi connectivity index (χ1n) is 8.30. The minimum absolute atomic E-state index is 0. The monoisotopic (exact) mass is 532 g/mol. The van der Waals surface area contributed by atoms with Crippen LogP contribution in [0.2, 0.25) is 0 Å². The molecule has 0 atom stereocenters. The molecular formula is C17H24F3IN4S2. The highest BCUT2D eigenvalue weighted by molar-refractivity contribution is 14.0. The van der Waals surface area contributed by atoms with Gasteiger partial charge >= 0.3 is 6.18 Å². The molecule has 0 amide bonds. The summed E-state index contributed by atoms with van der Waals surface area (Å²) in [4.78, 5) is 9.52. The number of nitrogens with zero attached hydrogens (tertiary/aromatic N) is 2. The van der Waals surface area contributed by atoms with Crippen molar-refractivity contribution in [1.82, 2.24) is 15.6 Å². The third-order valence-corrected chi connectivity index (χ3v) is 5.78. The fourth-order valence-electron chi connectivity index (χ4n) is 2.20. The van der Waals surface area contributed by atoms with Crippen molar-refractivity contribution in [3.63, 3.8) is 0 Å². The van der Waals surface area contributed by atoms with E-state index in [2.05, 4.69) is 40.5 Å². The van der Waals surface area contributed by atoms with E-state index in [4.69, 9.17) is 0 Å². The predicted molar refractivity (Wildman–Crippen MR) is 118 cm³/mol. The topological polar surface area (TPSA) is 49.3 Å². The van der Waals surface area contributed by atoms with Crippen LogP contribution in [0.4, 0.5) is 13.2 Å². The Morgan fingerprint density at radius 2 is 1.96 bits per heavy atom. The molecule has 0 radical (unpaired) electrons. The van der Waals surface area contributed by atoms with E-state index in [1.54, 1.807) is 11.3 Å². The van der Waals surface area contributed by atoms with Crippen LogP contribution in [0.3, 0.4) is 0 Å². The van der Waals surface area contributed by atoms with Crippen LogP contribution in [0.1, 0.15) is 36.3 Å². The molecule has 4 nitrogen and oxygen atoms in total. The standard InChI is InChI=1S/C17H23F3N4S2.HI/c1-4-21-15(23-11-16(2,3)13-6-5-9-25-13)22-8-7-14-24-12(10-26-14)17(18,19)20;/h5-6,9-10H,4,7-8,11H2,1-3H3,(H2,21,22,23);1H. The summed E-state index contributed by atoms with van der Waals surface area (Å²) >= 11 is 2.73. The summed E-state index contributed by atoms with van der Waals surface area (Å²) in [6, 6.07) is 4.12. The zero-order chi connectivity index (χ0) is 19.2. The number of thiazole rings is 1. The van der Waals surface area contributed by atoms with Crippen molar-refractivity contribution in [2.75, 3.05) is 19.6 Å². The molecule has 2 N–H and O–H groups in total. The lowest BCUT2D eigenvalue weighted by Gasteiger charge is -2.21. The molecule has 2 heterocycles. The van der Waals surface area contributed by atoms with Gasteiger partial charge in [0.1, 0.15) is 0 Å². The Labute approximate surface area is 182 Å². The van der Waals surface area contributed by atoms with Crippen LogP contribution in [0.5, 0.6) is 0 Å². The number of alkyl halides is 3. The van der Waals surface area contributed by atoms with Crippen molar-refractivity contribution in [3.05, 3.63) is 38.5 Å². The van der Waals surface area contributed by atoms with E-state index < -0.39 is 11.9 Å². The number of guanidine groups is 1. The van der Waals surface area contributed by atoms with Crippen LogP contribution in [0.25, 0.3) is 0 Å². The van der Waals surface area contributed by atoms with Gasteiger partial charge < -0.3 is 10.6 Å². The van der Waals surface area contributed by atoms with Gasteiger partial charge in [-0.05, 0) is 18.4 Å². The molecule has 152 valence electrons. The number of aromatic nitrogens is 1. The summed E-state index contributed by atoms with van der Waals surface area (Å²) in [7, 11) is 0. The van der Waals surface area contributed by atoms with E-state index in [1.807, 2.05) is 18.4 Å². The maximum Gasteiger partial charge on any atom is 0.434 e. The van der Waals surface area contributed by atoms with Crippen molar-refractivity contribution in [1.29, 1.82) is 0 Å². The number of halogens is 4. The molecule has 2 aromatic heterocycles. The largest absolute Gasteiger partial charge is 0.434 e. The average molecular weight is 532 g/mol. The van der Waals surface area contributed by atoms with E-state index in [0.717, 1.165) is 16.7 Å². The normalized spacial score (nSPS) is 12.6. The highest BCUT2D eigenvalue weighted by Crippen LogP contribution is 2.30. The second-order valence-corrected chi connectivity index (χ2v) is 8.25. The number of rotatable bonds is 7. The predicted octanol–water partition coefficient (Wildman–Crippen LogP) is 4.92. The summed E-state index contributed by atoms with van der Waals surface area (Å²) in [5.74, 6) is 0.657. The van der Waals surface area contributed by atoms with Gasteiger partial charge in [0.05, 0.1) is 11.6 Å². The molecule has 0 unspecified atom stereocenters. The van der Waals surface area contributed by atoms with E-state index in [-0.39, 0.29) is 29.4 Å². The summed E-state index contributed by atoms with van der Waals surface area (Å²) in [5.41, 5.74) is -0.899. The van der Waals surface area contributed by atoms with Crippen LogP contribution >= 0.6 is 46.7 Å². The zero-order valence-corrected chi connectivity index (χ0v) is 19.4. The van der Waals surface area contributed by atoms with Crippen molar-refractivity contribution >= 4 is 52.6 Å². The Kier molecular flexibility index (Phi) is 9.49. The molecule has 0 spiro atoms. The average Bonchev–Trinajstić information content (AvgIpc) is 3.24. The Hall–Kier alpha value is -0.880. The van der Waals surface area contributed by atoms with E-state index in [9.17, 15) is 13.2 Å². The first-order valence-corrected chi connectivity index (χ1v) is 10.1. The Morgan fingerprint density at radius 1 is 1.22 bits per heavy atom. The van der Waals surface area contributed by atoms with Crippen LogP contribution in [0.15, 0.2) is 27.9 Å². The van der Waals surface area contributed by atoms with E-state index >= 15 is 0 Å². The molecule has 0 aliphatic rings. The van der Waals surface area contributed by atoms with Gasteiger partial charge in [-0.3, -0.25) is 4.99 Å². The van der Waals surface area contributed by atoms with Gasteiger partial charge in [0.15, 0.2) is 11.7 Å². The number of hydrogen-bond acceptors (Lipinski definition) is 4. The minimum atomic E-state index is -4.38. The Balaban J connectivity index is 0.00000364. The van der Waals surface area contributed by atoms with Crippen LogP contribution in [-0.4, -0.2) is 30.6 Å². The molecule has 0 bridgehead atoms. The minimum Gasteiger partial charge on any atom is -0.357 e. The molecule has 2 aromatic rings. The smallest absolute Gasteiger partial charge is 0.357 e. The van der Waals surface area contributed by atoms with E-state index in [0.29, 0.717) is 37.0 Å². The quantitative estimate of drug-likeness (QED) is 0.303. The summed E-state index contributed by atoms with van der Waals surface area (Å²) in [6.07, 6.45) is -3.97. The third kappa shape index (κ3) is 7.57. The summed E-state index contributed by atoms with van der Waals surface area (Å²) < 4.78 is 37.7. The molecule has 0 aromatic carbocycles. The number of aliphatic imine (C=N–C) groups is 1. The van der Waals surface area contributed by atoms with Gasteiger partial charge in [0, 0.05) is 35.2 Å². The lowest BCUT2D eigenvalue weighted by atomic mass is 9.92. The van der Waals surface area contributed by atoms with Gasteiger partial charge in [-0.15, -0.1) is 46.7 Å². The van der Waals surface area contributed by atoms with Crippen LogP contribution in [0, 0.1) is 0 Å². The lowest BCUT2D eigenvalue weighted by Crippen LogP contribution is -2.39. The molecule has 0 fully saturated rings. The molecule has 0 saturated carbocycles. The maximum atomic E-state index is 12.6. The Morgan fingerprint density at radius 3 is 2.52 bits per heavy atom. The van der Waals surface area contributed by atoms with Crippen molar-refractivity contribution in [2.24, 2.45) is 4.99 Å². The van der Waals surface area contributed by atoms with Gasteiger partial charge in [-0.1, -0.05) is 19.9 Å². The number of thiophene rings is 1. The van der Waals surface area contributed by atoms with Gasteiger partial charge in [-0.25, -0.2) is 4.98 Å². The molecule has 2 rings (SSSR count). The highest BCUT2D eigenvalue weighted by Gasteiger charge is 2.33. The second kappa shape index (κ2) is 10.6. The molecule has 10 heteroatoms. The number of hydrogen-bond donors (Lipinski definition) is 2. The van der Waals surface area contributed by atoms with E-state index in [1.165, 1.54) is 4.88 Å². The first kappa shape index (κ1) is 24.2. The van der Waals surface area contributed by atoms with Gasteiger partial charge in [-0.2, -0.15) is 13.2 Å². The highest BCUT2D eigenvalue weighted by atomic mass is 127. The molecule has 0 saturated heterocycles. The first-order chi connectivity index (χ1) is 12.2. The van der Waals surface area contributed by atoms with Gasteiger partial charge in [0.25, 0.3) is 0 Å². The van der Waals surface area contributed by atoms with Crippen LogP contribution in [-0.2, 0) is 18.0 Å². The zero-order valence-electron chi connectivity index (χ0n) is 15.4. The molecular weight excluding hydrogens is 508 g/mol. The van der Waals surface area contributed by atoms with Crippen molar-refractivity contribution in [2.45, 2.75) is 38.8 Å². The van der Waals surface area contributed by atoms with Crippen molar-refractivity contribution in [3.8, 4) is 0 Å². The lowest BCUT2D eigenvalue weighted by molar-refractivity contribution is -0.140. The van der Waals surface area contributed by atoms with Gasteiger partial charge in [0.2, 0.25) is 0 Å². The fourth-order valence-corrected chi connectivity index (χ4v) is 3.85. The molecule has 0 aliphatic carbocycles. The second-order valence-electron chi connectivity index (χ2n) is 6.36. The maximum absolute atomic E-state index is 12.6. The molecule has 0 aliphatic heterocycles. The van der Waals surface area contributed by atoms with Crippen LogP contribution < -0.4 is 10.6 Å². The van der Waals surface area contributed by atoms with Crippen molar-refractivity contribution < 1.29 is 13.2 Å². The summed E-state index contributed by atoms with van der Waals surface area (Å²) in [5, 5.41) is 9.89. The third-order valence-electron chi connectivity index (χ3n) is 3.64. The Bertz CT molecular complexity index is 712. The fraction of sp³-hybridized carbons (Fsp3) is 0.529. The SMILES string of the molecule is CCNC(=NCC(C)(C)c1cccs1)NCCc1nc(C(F)(F)F)cs1.I. The number of nitrogens with one attached hydrogen (secondary N) is 2. The molecule has 27 heavy (non-hydrogen) atoms.